The summed E-state index contributed by atoms with van der Waals surface area (Å²) in [6.07, 6.45) is 7.49. The van der Waals surface area contributed by atoms with Crippen LogP contribution in [0, 0.1) is 6.92 Å². The third-order valence-electron chi connectivity index (χ3n) is 5.61. The minimum atomic E-state index is 0.0867. The molecule has 1 aliphatic heterocycles. The molecule has 1 saturated heterocycles. The summed E-state index contributed by atoms with van der Waals surface area (Å²) in [5, 5.41) is 7.27. The van der Waals surface area contributed by atoms with Crippen LogP contribution in [-0.4, -0.2) is 29.1 Å². The van der Waals surface area contributed by atoms with Crippen LogP contribution in [0.15, 0.2) is 28.8 Å². The van der Waals surface area contributed by atoms with Gasteiger partial charge in [0.25, 0.3) is 0 Å². The van der Waals surface area contributed by atoms with Crippen molar-refractivity contribution < 1.29 is 9.32 Å². The zero-order chi connectivity index (χ0) is 17.9. The van der Waals surface area contributed by atoms with Gasteiger partial charge >= 0.3 is 0 Å². The number of piperidine rings is 1. The minimum Gasteiger partial charge on any atom is -0.361 e. The molecule has 2 aromatic rings. The number of nitrogens with one attached hydrogen (secondary N) is 1. The zero-order valence-corrected chi connectivity index (χ0v) is 15.5. The number of aryl methyl sites for hydroxylation is 3. The summed E-state index contributed by atoms with van der Waals surface area (Å²) < 4.78 is 5.25. The van der Waals surface area contributed by atoms with Crippen molar-refractivity contribution in [2.24, 2.45) is 0 Å². The van der Waals surface area contributed by atoms with Crippen LogP contribution in [0.2, 0.25) is 0 Å². The lowest BCUT2D eigenvalue weighted by Crippen LogP contribution is -2.35. The van der Waals surface area contributed by atoms with Gasteiger partial charge < -0.3 is 9.84 Å². The Morgan fingerprint density at radius 2 is 2.12 bits per heavy atom. The molecule has 0 spiro atoms. The van der Waals surface area contributed by atoms with Crippen molar-refractivity contribution in [2.45, 2.75) is 57.9 Å². The Balaban J connectivity index is 1.34. The van der Waals surface area contributed by atoms with Crippen LogP contribution < -0.4 is 5.32 Å². The smallest absolute Gasteiger partial charge is 0.225 e. The highest BCUT2D eigenvalue weighted by Crippen LogP contribution is 2.30. The van der Waals surface area contributed by atoms with E-state index in [-0.39, 0.29) is 11.9 Å². The van der Waals surface area contributed by atoms with Crippen LogP contribution in [-0.2, 0) is 17.6 Å². The van der Waals surface area contributed by atoms with Crippen LogP contribution in [0.1, 0.15) is 60.7 Å². The molecule has 26 heavy (non-hydrogen) atoms. The molecular weight excluding hydrogens is 326 g/mol. The first-order chi connectivity index (χ1) is 12.7. The van der Waals surface area contributed by atoms with Crippen molar-refractivity contribution in [3.63, 3.8) is 0 Å². The fourth-order valence-electron chi connectivity index (χ4n) is 4.25. The molecule has 0 saturated carbocycles. The zero-order valence-electron chi connectivity index (χ0n) is 15.5. The van der Waals surface area contributed by atoms with Gasteiger partial charge in [0.1, 0.15) is 11.5 Å². The summed E-state index contributed by atoms with van der Waals surface area (Å²) in [6.45, 7) is 3.70. The fourth-order valence-corrected chi connectivity index (χ4v) is 4.25. The van der Waals surface area contributed by atoms with Gasteiger partial charge in [-0.1, -0.05) is 17.6 Å². The largest absolute Gasteiger partial charge is 0.361 e. The predicted octanol–water partition coefficient (Wildman–Crippen LogP) is 4.03. The normalized spacial score (nSPS) is 20.1. The molecule has 0 unspecified atom stereocenters. The number of likely N-dealkylation sites (tertiary alicyclic amines) is 1. The van der Waals surface area contributed by atoms with Gasteiger partial charge in [-0.2, -0.15) is 0 Å². The minimum absolute atomic E-state index is 0.0867. The maximum Gasteiger partial charge on any atom is 0.225 e. The number of aromatic nitrogens is 1. The molecule has 4 rings (SSSR count). The van der Waals surface area contributed by atoms with E-state index in [9.17, 15) is 4.79 Å². The summed E-state index contributed by atoms with van der Waals surface area (Å²) in [5.41, 5.74) is 4.75. The molecule has 5 nitrogen and oxygen atoms in total. The second-order valence-corrected chi connectivity index (χ2v) is 7.55. The molecule has 1 N–H and O–H groups in total. The Labute approximate surface area is 154 Å². The van der Waals surface area contributed by atoms with E-state index < -0.39 is 0 Å². The van der Waals surface area contributed by atoms with Crippen LogP contribution in [0.4, 0.5) is 5.69 Å². The summed E-state index contributed by atoms with van der Waals surface area (Å²) >= 11 is 0. The molecule has 138 valence electrons. The van der Waals surface area contributed by atoms with E-state index in [4.69, 9.17) is 4.52 Å². The van der Waals surface area contributed by atoms with E-state index in [1.807, 2.05) is 19.1 Å². The fraction of sp³-hybridized carbons (Fsp3) is 0.524. The van der Waals surface area contributed by atoms with Crippen molar-refractivity contribution in [1.82, 2.24) is 10.1 Å². The number of amides is 1. The lowest BCUT2D eigenvalue weighted by Gasteiger charge is -2.34. The van der Waals surface area contributed by atoms with Gasteiger partial charge in [-0.25, -0.2) is 0 Å². The molecule has 1 aliphatic carbocycles. The van der Waals surface area contributed by atoms with Crippen molar-refractivity contribution in [3.05, 3.63) is 46.8 Å². The standard InChI is InChI=1S/C21H27N3O2/c1-15-13-19(23-26-15)20-7-2-3-11-24(20)12-10-21(25)22-18-9-8-16-5-4-6-17(16)14-18/h8-9,13-14,20H,2-7,10-12H2,1H3,(H,22,25)/t20-/m0/s1. The molecule has 1 amide bonds. The molecule has 1 atom stereocenters. The molecule has 1 fully saturated rings. The van der Waals surface area contributed by atoms with Crippen molar-refractivity contribution >= 4 is 11.6 Å². The van der Waals surface area contributed by atoms with Crippen molar-refractivity contribution in [3.8, 4) is 0 Å². The molecule has 1 aromatic carbocycles. The summed E-state index contributed by atoms with van der Waals surface area (Å²) in [5.74, 6) is 0.934. The first-order valence-electron chi connectivity index (χ1n) is 9.78. The molecule has 2 heterocycles. The van der Waals surface area contributed by atoms with Crippen LogP contribution in [0.5, 0.6) is 0 Å². The average molecular weight is 353 g/mol. The average Bonchev–Trinajstić information content (AvgIpc) is 3.28. The van der Waals surface area contributed by atoms with E-state index >= 15 is 0 Å². The molecule has 5 heteroatoms. The van der Waals surface area contributed by atoms with E-state index in [1.165, 1.54) is 36.8 Å². The first-order valence-corrected chi connectivity index (χ1v) is 9.78. The SMILES string of the molecule is Cc1cc([C@@H]2CCCCN2CCC(=O)Nc2ccc3c(c2)CCC3)no1. The van der Waals surface area contributed by atoms with Gasteiger partial charge in [-0.05, 0) is 68.8 Å². The van der Waals surface area contributed by atoms with Crippen LogP contribution in [0.25, 0.3) is 0 Å². The molecule has 1 aromatic heterocycles. The van der Waals surface area contributed by atoms with E-state index in [1.54, 1.807) is 0 Å². The third-order valence-corrected chi connectivity index (χ3v) is 5.61. The van der Waals surface area contributed by atoms with Gasteiger partial charge in [0, 0.05) is 24.7 Å². The van der Waals surface area contributed by atoms with Gasteiger partial charge in [0.2, 0.25) is 5.91 Å². The number of rotatable bonds is 5. The number of nitrogens with zero attached hydrogens (tertiary/aromatic N) is 2. The van der Waals surface area contributed by atoms with E-state index in [2.05, 4.69) is 27.5 Å². The maximum atomic E-state index is 12.4. The van der Waals surface area contributed by atoms with Crippen LogP contribution in [0.3, 0.4) is 0 Å². The highest BCUT2D eigenvalue weighted by Gasteiger charge is 2.26. The number of carbonyl (C=O) groups is 1. The lowest BCUT2D eigenvalue weighted by molar-refractivity contribution is -0.116. The number of carbonyl (C=O) groups excluding carboxylic acids is 1. The van der Waals surface area contributed by atoms with Crippen LogP contribution >= 0.6 is 0 Å². The predicted molar refractivity (Wildman–Crippen MR) is 101 cm³/mol. The summed E-state index contributed by atoms with van der Waals surface area (Å²) in [7, 11) is 0. The molecular formula is C21H27N3O2. The molecule has 0 bridgehead atoms. The Morgan fingerprint density at radius 3 is 2.96 bits per heavy atom. The topological polar surface area (TPSA) is 58.4 Å². The molecule has 2 aliphatic rings. The number of hydrogen-bond donors (Lipinski definition) is 1. The van der Waals surface area contributed by atoms with Crippen molar-refractivity contribution in [1.29, 1.82) is 0 Å². The maximum absolute atomic E-state index is 12.4. The highest BCUT2D eigenvalue weighted by molar-refractivity contribution is 5.91. The Kier molecular flexibility index (Phi) is 5.07. The summed E-state index contributed by atoms with van der Waals surface area (Å²) in [4.78, 5) is 14.8. The van der Waals surface area contributed by atoms with Crippen molar-refractivity contribution in [2.75, 3.05) is 18.4 Å². The van der Waals surface area contributed by atoms with Gasteiger partial charge in [0.05, 0.1) is 6.04 Å². The highest BCUT2D eigenvalue weighted by atomic mass is 16.5. The number of hydrogen-bond acceptors (Lipinski definition) is 4. The Hall–Kier alpha value is -2.14. The summed E-state index contributed by atoms with van der Waals surface area (Å²) in [6, 6.07) is 8.62. The second-order valence-electron chi connectivity index (χ2n) is 7.55. The Morgan fingerprint density at radius 1 is 1.23 bits per heavy atom. The monoisotopic (exact) mass is 353 g/mol. The quantitative estimate of drug-likeness (QED) is 0.882. The second kappa shape index (κ2) is 7.62. The van der Waals surface area contributed by atoms with E-state index in [0.29, 0.717) is 6.42 Å². The number of anilines is 1. The van der Waals surface area contributed by atoms with Gasteiger partial charge in [0.15, 0.2) is 0 Å². The van der Waals surface area contributed by atoms with Gasteiger partial charge in [-0.15, -0.1) is 0 Å². The first kappa shape index (κ1) is 17.3. The number of benzene rings is 1. The molecule has 0 radical (unpaired) electrons. The van der Waals surface area contributed by atoms with Gasteiger partial charge in [-0.3, -0.25) is 9.69 Å². The van der Waals surface area contributed by atoms with E-state index in [0.717, 1.165) is 43.1 Å². The number of fused-ring (bicyclic) bond motifs is 1. The lowest BCUT2D eigenvalue weighted by atomic mass is 9.99. The third kappa shape index (κ3) is 3.83. The Bertz CT molecular complexity index is 783.